The highest BCUT2D eigenvalue weighted by Crippen LogP contribution is 2.20. The molecule has 0 aliphatic carbocycles. The molecule has 1 saturated heterocycles. The molecule has 0 aromatic heterocycles. The van der Waals surface area contributed by atoms with Crippen LogP contribution < -0.4 is 4.74 Å². The van der Waals surface area contributed by atoms with Gasteiger partial charge in [0.25, 0.3) is 0 Å². The Kier molecular flexibility index (Phi) is 2.19. The molecule has 70 valence electrons. The van der Waals surface area contributed by atoms with Gasteiger partial charge in [-0.05, 0) is 24.6 Å². The Morgan fingerprint density at radius 3 is 3.08 bits per heavy atom. The summed E-state index contributed by atoms with van der Waals surface area (Å²) in [6.07, 6.45) is 0.167. The van der Waals surface area contributed by atoms with Crippen LogP contribution in [0.1, 0.15) is 5.56 Å². The first-order valence-electron chi connectivity index (χ1n) is 4.26. The van der Waals surface area contributed by atoms with Crippen LogP contribution in [-0.4, -0.2) is 19.3 Å². The molecule has 2 rings (SSSR count). The van der Waals surface area contributed by atoms with E-state index < -0.39 is 0 Å². The molecule has 13 heavy (non-hydrogen) atoms. The Labute approximate surface area is 76.3 Å². The van der Waals surface area contributed by atoms with E-state index >= 15 is 0 Å². The molecule has 0 bridgehead atoms. The van der Waals surface area contributed by atoms with E-state index in [1.54, 1.807) is 12.1 Å². The smallest absolute Gasteiger partial charge is 0.165 e. The molecule has 0 N–H and O–H groups in total. The topological polar surface area (TPSA) is 21.8 Å². The van der Waals surface area contributed by atoms with Crippen LogP contribution in [0.4, 0.5) is 4.39 Å². The lowest BCUT2D eigenvalue weighted by Crippen LogP contribution is -2.05. The van der Waals surface area contributed by atoms with E-state index in [1.165, 1.54) is 6.07 Å². The second-order valence-corrected chi connectivity index (χ2v) is 3.20. The van der Waals surface area contributed by atoms with Gasteiger partial charge in [0.15, 0.2) is 11.6 Å². The Morgan fingerprint density at radius 2 is 2.38 bits per heavy atom. The first kappa shape index (κ1) is 8.51. The van der Waals surface area contributed by atoms with Crippen LogP contribution in [-0.2, 0) is 4.74 Å². The first-order chi connectivity index (χ1) is 6.25. The molecular weight excluding hydrogens is 171 g/mol. The van der Waals surface area contributed by atoms with E-state index in [4.69, 9.17) is 9.47 Å². The van der Waals surface area contributed by atoms with E-state index in [1.807, 2.05) is 6.92 Å². The zero-order valence-electron chi connectivity index (χ0n) is 7.42. The SMILES string of the molecule is Cc1ccc(F)c(OCC2CO2)c1. The fourth-order valence-electron chi connectivity index (χ4n) is 1.07. The van der Waals surface area contributed by atoms with E-state index in [2.05, 4.69) is 0 Å². The maximum absolute atomic E-state index is 13.1. The summed E-state index contributed by atoms with van der Waals surface area (Å²) < 4.78 is 23.3. The Morgan fingerprint density at radius 1 is 1.62 bits per heavy atom. The van der Waals surface area contributed by atoms with Crippen molar-refractivity contribution in [2.75, 3.05) is 13.2 Å². The third kappa shape index (κ3) is 2.18. The molecule has 1 aromatic carbocycles. The van der Waals surface area contributed by atoms with Crippen LogP contribution in [0.5, 0.6) is 5.75 Å². The van der Waals surface area contributed by atoms with Crippen molar-refractivity contribution < 1.29 is 13.9 Å². The van der Waals surface area contributed by atoms with E-state index in [0.29, 0.717) is 12.4 Å². The highest BCUT2D eigenvalue weighted by atomic mass is 19.1. The molecule has 1 aromatic rings. The molecule has 1 aliphatic heterocycles. The highest BCUT2D eigenvalue weighted by molar-refractivity contribution is 5.29. The maximum Gasteiger partial charge on any atom is 0.165 e. The highest BCUT2D eigenvalue weighted by Gasteiger charge is 2.23. The van der Waals surface area contributed by atoms with E-state index in [9.17, 15) is 4.39 Å². The minimum Gasteiger partial charge on any atom is -0.488 e. The average molecular weight is 182 g/mol. The summed E-state index contributed by atoms with van der Waals surface area (Å²) in [4.78, 5) is 0. The molecule has 1 unspecified atom stereocenters. The summed E-state index contributed by atoms with van der Waals surface area (Å²) in [5.74, 6) is 0.00162. The Hall–Kier alpha value is -1.09. The van der Waals surface area contributed by atoms with Crippen molar-refractivity contribution in [1.82, 2.24) is 0 Å². The lowest BCUT2D eigenvalue weighted by Gasteiger charge is -2.05. The van der Waals surface area contributed by atoms with E-state index in [0.717, 1.165) is 12.2 Å². The number of halogens is 1. The molecule has 1 atom stereocenters. The predicted molar refractivity (Wildman–Crippen MR) is 46.4 cm³/mol. The van der Waals surface area contributed by atoms with Gasteiger partial charge in [0.1, 0.15) is 12.7 Å². The summed E-state index contributed by atoms with van der Waals surface area (Å²) in [5, 5.41) is 0. The number of rotatable bonds is 3. The lowest BCUT2D eigenvalue weighted by atomic mass is 10.2. The van der Waals surface area contributed by atoms with Crippen LogP contribution in [0, 0.1) is 12.7 Å². The third-order valence-electron chi connectivity index (χ3n) is 1.91. The minimum absolute atomic E-state index is 0.167. The predicted octanol–water partition coefficient (Wildman–Crippen LogP) is 1.91. The van der Waals surface area contributed by atoms with Gasteiger partial charge in [-0.1, -0.05) is 6.07 Å². The monoisotopic (exact) mass is 182 g/mol. The third-order valence-corrected chi connectivity index (χ3v) is 1.91. The number of hydrogen-bond donors (Lipinski definition) is 0. The zero-order chi connectivity index (χ0) is 9.26. The second-order valence-electron chi connectivity index (χ2n) is 3.20. The fraction of sp³-hybridized carbons (Fsp3) is 0.400. The van der Waals surface area contributed by atoms with Gasteiger partial charge in [0.05, 0.1) is 6.61 Å². The molecule has 0 amide bonds. The molecule has 0 radical (unpaired) electrons. The van der Waals surface area contributed by atoms with Crippen molar-refractivity contribution in [2.45, 2.75) is 13.0 Å². The molecule has 1 fully saturated rings. The summed E-state index contributed by atoms with van der Waals surface area (Å²) >= 11 is 0. The van der Waals surface area contributed by atoms with Crippen LogP contribution in [0.2, 0.25) is 0 Å². The Balaban J connectivity index is 2.03. The lowest BCUT2D eigenvalue weighted by molar-refractivity contribution is 0.253. The quantitative estimate of drug-likeness (QED) is 0.666. The number of benzene rings is 1. The standard InChI is InChI=1S/C10H11FO2/c1-7-2-3-9(11)10(4-7)13-6-8-5-12-8/h2-4,8H,5-6H2,1H3. The van der Waals surface area contributed by atoms with Gasteiger partial charge in [-0.15, -0.1) is 0 Å². The summed E-state index contributed by atoms with van der Waals surface area (Å²) in [7, 11) is 0. The number of hydrogen-bond acceptors (Lipinski definition) is 2. The minimum atomic E-state index is -0.314. The van der Waals surface area contributed by atoms with E-state index in [-0.39, 0.29) is 11.9 Å². The van der Waals surface area contributed by atoms with Crippen molar-refractivity contribution in [2.24, 2.45) is 0 Å². The van der Waals surface area contributed by atoms with Crippen molar-refractivity contribution in [3.63, 3.8) is 0 Å². The zero-order valence-corrected chi connectivity index (χ0v) is 7.42. The molecule has 1 aliphatic rings. The number of epoxide rings is 1. The summed E-state index contributed by atoms with van der Waals surface area (Å²) in [5.41, 5.74) is 0.994. The molecule has 0 saturated carbocycles. The molecule has 2 nitrogen and oxygen atoms in total. The number of ether oxygens (including phenoxy) is 2. The van der Waals surface area contributed by atoms with Gasteiger partial charge < -0.3 is 9.47 Å². The van der Waals surface area contributed by atoms with Gasteiger partial charge in [-0.2, -0.15) is 0 Å². The van der Waals surface area contributed by atoms with Crippen molar-refractivity contribution >= 4 is 0 Å². The van der Waals surface area contributed by atoms with Gasteiger partial charge in [-0.3, -0.25) is 0 Å². The second kappa shape index (κ2) is 3.34. The molecule has 1 heterocycles. The summed E-state index contributed by atoms with van der Waals surface area (Å²) in [6, 6.07) is 4.83. The van der Waals surface area contributed by atoms with Crippen LogP contribution >= 0.6 is 0 Å². The summed E-state index contributed by atoms with van der Waals surface area (Å²) in [6.45, 7) is 3.08. The normalized spacial score (nSPS) is 20.0. The Bertz CT molecular complexity index is 308. The first-order valence-corrected chi connectivity index (χ1v) is 4.26. The van der Waals surface area contributed by atoms with Crippen LogP contribution in [0.15, 0.2) is 18.2 Å². The molecule has 0 spiro atoms. The average Bonchev–Trinajstić information content (AvgIpc) is 2.90. The van der Waals surface area contributed by atoms with Crippen molar-refractivity contribution in [1.29, 1.82) is 0 Å². The maximum atomic E-state index is 13.1. The van der Waals surface area contributed by atoms with Gasteiger partial charge in [0, 0.05) is 0 Å². The molecular formula is C10H11FO2. The molecule has 3 heteroatoms. The van der Waals surface area contributed by atoms with Gasteiger partial charge >= 0.3 is 0 Å². The fourth-order valence-corrected chi connectivity index (χ4v) is 1.07. The van der Waals surface area contributed by atoms with Crippen molar-refractivity contribution in [3.05, 3.63) is 29.6 Å². The van der Waals surface area contributed by atoms with Crippen LogP contribution in [0.3, 0.4) is 0 Å². The van der Waals surface area contributed by atoms with Crippen LogP contribution in [0.25, 0.3) is 0 Å². The van der Waals surface area contributed by atoms with Crippen molar-refractivity contribution in [3.8, 4) is 5.75 Å². The number of aryl methyl sites for hydroxylation is 1. The largest absolute Gasteiger partial charge is 0.488 e. The van der Waals surface area contributed by atoms with Gasteiger partial charge in [0.2, 0.25) is 0 Å². The van der Waals surface area contributed by atoms with Gasteiger partial charge in [-0.25, -0.2) is 4.39 Å².